The highest BCUT2D eigenvalue weighted by Gasteiger charge is 2.32. The van der Waals surface area contributed by atoms with Gasteiger partial charge < -0.3 is 25.4 Å². The van der Waals surface area contributed by atoms with Gasteiger partial charge in [0, 0.05) is 37.3 Å². The highest BCUT2D eigenvalue weighted by molar-refractivity contribution is 6.05. The van der Waals surface area contributed by atoms with Crippen LogP contribution in [0.5, 0.6) is 5.75 Å². The van der Waals surface area contributed by atoms with Gasteiger partial charge in [0.1, 0.15) is 5.82 Å². The van der Waals surface area contributed by atoms with Gasteiger partial charge in [0.25, 0.3) is 5.91 Å². The second kappa shape index (κ2) is 9.29. The number of ether oxygens (including phenoxy) is 1. The Morgan fingerprint density at radius 2 is 2.03 bits per heavy atom. The van der Waals surface area contributed by atoms with Crippen LogP contribution in [0.1, 0.15) is 42.6 Å². The maximum Gasteiger partial charge on any atom is 0.254 e. The van der Waals surface area contributed by atoms with Crippen molar-refractivity contribution < 1.29 is 14.6 Å². The van der Waals surface area contributed by atoms with Gasteiger partial charge >= 0.3 is 0 Å². The van der Waals surface area contributed by atoms with Crippen LogP contribution in [-0.2, 0) is 6.54 Å². The third-order valence-corrected chi connectivity index (χ3v) is 7.59. The summed E-state index contributed by atoms with van der Waals surface area (Å²) in [4.78, 5) is 29.0. The molecular weight excluding hydrogens is 482 g/mol. The Kier molecular flexibility index (Phi) is 5.91. The Balaban J connectivity index is 1.28. The average Bonchev–Trinajstić information content (AvgIpc) is 3.53. The summed E-state index contributed by atoms with van der Waals surface area (Å²) in [6, 6.07) is 7.68. The monoisotopic (exact) mass is 513 g/mol. The molecule has 0 bridgehead atoms. The van der Waals surface area contributed by atoms with E-state index in [0.717, 1.165) is 42.9 Å². The third kappa shape index (κ3) is 4.20. The van der Waals surface area contributed by atoms with Crippen molar-refractivity contribution in [3.63, 3.8) is 0 Å². The van der Waals surface area contributed by atoms with Crippen LogP contribution in [-0.4, -0.2) is 56.2 Å². The van der Waals surface area contributed by atoms with Gasteiger partial charge in [0.2, 0.25) is 0 Å². The van der Waals surface area contributed by atoms with Crippen LogP contribution in [0.25, 0.3) is 17.0 Å². The van der Waals surface area contributed by atoms with Gasteiger partial charge in [-0.05, 0) is 51.0 Å². The number of aromatic nitrogens is 4. The van der Waals surface area contributed by atoms with E-state index in [-0.39, 0.29) is 11.8 Å². The molecule has 38 heavy (non-hydrogen) atoms. The highest BCUT2D eigenvalue weighted by atomic mass is 16.5. The molecule has 0 radical (unpaired) electrons. The fourth-order valence-electron chi connectivity index (χ4n) is 5.45. The number of carbonyl (C=O) groups excluding carboxylic acids is 1. The van der Waals surface area contributed by atoms with Crippen molar-refractivity contribution in [3.05, 3.63) is 60.2 Å². The van der Waals surface area contributed by atoms with Gasteiger partial charge in [-0.15, -0.1) is 0 Å². The van der Waals surface area contributed by atoms with E-state index in [1.54, 1.807) is 19.5 Å². The Labute approximate surface area is 220 Å². The van der Waals surface area contributed by atoms with E-state index in [9.17, 15) is 9.90 Å². The summed E-state index contributed by atoms with van der Waals surface area (Å²) in [7, 11) is 1.61. The Morgan fingerprint density at radius 3 is 2.79 bits per heavy atom. The fraction of sp³-hybridized carbons (Fsp3) is 0.357. The molecular formula is C28H31N7O3. The van der Waals surface area contributed by atoms with Crippen molar-refractivity contribution in [1.82, 2.24) is 24.7 Å². The summed E-state index contributed by atoms with van der Waals surface area (Å²) in [6.07, 6.45) is 9.22. The van der Waals surface area contributed by atoms with E-state index in [1.165, 1.54) is 0 Å². The van der Waals surface area contributed by atoms with Crippen LogP contribution in [0.15, 0.2) is 49.1 Å². The number of carbonyl (C=O) groups is 1. The lowest BCUT2D eigenvalue weighted by Gasteiger charge is -2.39. The van der Waals surface area contributed by atoms with Crippen LogP contribution in [0.2, 0.25) is 0 Å². The topological polar surface area (TPSA) is 117 Å². The Bertz CT molecular complexity index is 1510. The van der Waals surface area contributed by atoms with E-state index < -0.39 is 5.60 Å². The van der Waals surface area contributed by atoms with E-state index in [2.05, 4.69) is 25.5 Å². The van der Waals surface area contributed by atoms with Crippen molar-refractivity contribution in [3.8, 4) is 17.1 Å². The lowest BCUT2D eigenvalue weighted by atomic mass is 9.84. The predicted octanol–water partition coefficient (Wildman–Crippen LogP) is 3.77. The minimum atomic E-state index is -0.705. The number of piperidine rings is 1. The second-order valence-corrected chi connectivity index (χ2v) is 10.4. The first kappa shape index (κ1) is 24.2. The molecule has 196 valence electrons. The van der Waals surface area contributed by atoms with Crippen molar-refractivity contribution >= 4 is 28.7 Å². The third-order valence-electron chi connectivity index (χ3n) is 7.59. The first-order chi connectivity index (χ1) is 18.3. The van der Waals surface area contributed by atoms with Crippen molar-refractivity contribution in [2.75, 3.05) is 30.4 Å². The number of imidazole rings is 1. The standard InChI is InChI=1S/C28H31N7O3/c1-28(2,37)17-6-4-10-34(16-17)18-8-9-23(29-12-18)33-20-14-30-25(19-13-32-27(36)24(19)20)21-15-31-26-22(38-3)7-5-11-35(21)26/h5,7-9,11-12,14-15,17,37H,4,6,10,13,16H2,1-3H3,(H,29,33)(H,32,36)/t17-/m0/s1. The number of nitrogens with one attached hydrogen (secondary N) is 2. The second-order valence-electron chi connectivity index (χ2n) is 10.4. The molecule has 4 aromatic rings. The number of hydrogen-bond donors (Lipinski definition) is 3. The maximum atomic E-state index is 12.9. The number of nitrogens with zero attached hydrogens (tertiary/aromatic N) is 5. The van der Waals surface area contributed by atoms with Gasteiger partial charge in [-0.25, -0.2) is 9.97 Å². The van der Waals surface area contributed by atoms with Crippen LogP contribution in [0.4, 0.5) is 17.2 Å². The first-order valence-electron chi connectivity index (χ1n) is 12.8. The molecule has 3 N–H and O–H groups in total. The SMILES string of the molecule is COc1cccn2c(-c3ncc(Nc4ccc(N5CCC[C@H](C(C)(C)O)C5)cn4)c4c3CNC4=O)cnc12. The highest BCUT2D eigenvalue weighted by Crippen LogP contribution is 2.35. The van der Waals surface area contributed by atoms with E-state index >= 15 is 0 Å². The zero-order valence-electron chi connectivity index (χ0n) is 21.7. The molecule has 0 saturated carbocycles. The molecule has 1 atom stereocenters. The lowest BCUT2D eigenvalue weighted by molar-refractivity contribution is 0.0110. The van der Waals surface area contributed by atoms with Crippen molar-refractivity contribution in [2.24, 2.45) is 5.92 Å². The summed E-state index contributed by atoms with van der Waals surface area (Å²) < 4.78 is 7.35. The number of rotatable bonds is 6. The number of aliphatic hydroxyl groups is 1. The summed E-state index contributed by atoms with van der Waals surface area (Å²) >= 11 is 0. The molecule has 0 spiro atoms. The zero-order valence-corrected chi connectivity index (χ0v) is 21.7. The molecule has 6 rings (SSSR count). The smallest absolute Gasteiger partial charge is 0.254 e. The minimum Gasteiger partial charge on any atom is -0.493 e. The number of amides is 1. The quantitative estimate of drug-likeness (QED) is 0.357. The van der Waals surface area contributed by atoms with Crippen LogP contribution < -0.4 is 20.3 Å². The molecule has 6 heterocycles. The molecule has 1 saturated heterocycles. The predicted molar refractivity (Wildman–Crippen MR) is 145 cm³/mol. The molecule has 0 aliphatic carbocycles. The largest absolute Gasteiger partial charge is 0.493 e. The Hall–Kier alpha value is -4.18. The molecule has 1 amide bonds. The van der Waals surface area contributed by atoms with Gasteiger partial charge in [0.05, 0.1) is 59.6 Å². The molecule has 2 aliphatic heterocycles. The lowest BCUT2D eigenvalue weighted by Crippen LogP contribution is -2.44. The van der Waals surface area contributed by atoms with E-state index in [0.29, 0.717) is 40.7 Å². The summed E-state index contributed by atoms with van der Waals surface area (Å²) in [5.74, 6) is 1.35. The van der Waals surface area contributed by atoms with Crippen molar-refractivity contribution in [1.29, 1.82) is 0 Å². The van der Waals surface area contributed by atoms with Gasteiger partial charge in [-0.3, -0.25) is 14.2 Å². The average molecular weight is 514 g/mol. The van der Waals surface area contributed by atoms with Crippen molar-refractivity contribution in [2.45, 2.75) is 38.8 Å². The van der Waals surface area contributed by atoms with Crippen LogP contribution in [0, 0.1) is 5.92 Å². The van der Waals surface area contributed by atoms with Gasteiger partial charge in [-0.1, -0.05) is 0 Å². The molecule has 0 aromatic carbocycles. The first-order valence-corrected chi connectivity index (χ1v) is 12.8. The van der Waals surface area contributed by atoms with Gasteiger partial charge in [-0.2, -0.15) is 0 Å². The van der Waals surface area contributed by atoms with Crippen LogP contribution >= 0.6 is 0 Å². The zero-order chi connectivity index (χ0) is 26.4. The number of anilines is 3. The maximum absolute atomic E-state index is 12.9. The fourth-order valence-corrected chi connectivity index (χ4v) is 5.45. The Morgan fingerprint density at radius 1 is 1.16 bits per heavy atom. The summed E-state index contributed by atoms with van der Waals surface area (Å²) in [5.41, 5.74) is 4.45. The van der Waals surface area contributed by atoms with Crippen LogP contribution in [0.3, 0.4) is 0 Å². The minimum absolute atomic E-state index is 0.153. The molecule has 10 heteroatoms. The summed E-state index contributed by atoms with van der Waals surface area (Å²) in [5, 5.41) is 16.7. The van der Waals surface area contributed by atoms with Gasteiger partial charge in [0.15, 0.2) is 11.4 Å². The number of methoxy groups -OCH3 is 1. The van der Waals surface area contributed by atoms with E-state index in [1.807, 2.05) is 54.9 Å². The number of hydrogen-bond acceptors (Lipinski definition) is 8. The summed E-state index contributed by atoms with van der Waals surface area (Å²) in [6.45, 7) is 5.88. The number of pyridine rings is 3. The normalized spacial score (nSPS) is 17.4. The molecule has 0 unspecified atom stereocenters. The molecule has 1 fully saturated rings. The number of fused-ring (bicyclic) bond motifs is 2. The molecule has 10 nitrogen and oxygen atoms in total. The molecule has 4 aromatic heterocycles. The van der Waals surface area contributed by atoms with E-state index in [4.69, 9.17) is 9.72 Å². The molecule has 2 aliphatic rings.